The summed E-state index contributed by atoms with van der Waals surface area (Å²) in [6, 6.07) is 3.58. The number of thiazole rings is 1. The molecule has 2 aromatic rings. The summed E-state index contributed by atoms with van der Waals surface area (Å²) in [4.78, 5) is 24.4. The highest BCUT2D eigenvalue weighted by Gasteiger charge is 2.10. The molecule has 15 heavy (non-hydrogen) atoms. The molecule has 0 saturated heterocycles. The molecule has 0 fully saturated rings. The van der Waals surface area contributed by atoms with Gasteiger partial charge in [0.1, 0.15) is 0 Å². The SMILES string of the molecule is Cc1ccc(CC(=O)O)c2sc(=O)[nH]c12. The summed E-state index contributed by atoms with van der Waals surface area (Å²) < 4.78 is 0.752. The molecule has 2 rings (SSSR count). The second-order valence-electron chi connectivity index (χ2n) is 3.33. The van der Waals surface area contributed by atoms with Gasteiger partial charge in [-0.2, -0.15) is 0 Å². The summed E-state index contributed by atoms with van der Waals surface area (Å²) in [5.74, 6) is -0.888. The molecule has 4 nitrogen and oxygen atoms in total. The van der Waals surface area contributed by atoms with Crippen LogP contribution in [-0.4, -0.2) is 16.1 Å². The van der Waals surface area contributed by atoms with Crippen LogP contribution < -0.4 is 4.87 Å². The average molecular weight is 223 g/mol. The number of hydrogen-bond donors (Lipinski definition) is 2. The smallest absolute Gasteiger partial charge is 0.307 e. The summed E-state index contributed by atoms with van der Waals surface area (Å²) >= 11 is 1.06. The molecule has 0 aliphatic carbocycles. The third-order valence-corrected chi connectivity index (χ3v) is 3.17. The summed E-state index contributed by atoms with van der Waals surface area (Å²) in [7, 11) is 0. The predicted molar refractivity (Wildman–Crippen MR) is 58.5 cm³/mol. The van der Waals surface area contributed by atoms with Gasteiger partial charge in [0.15, 0.2) is 0 Å². The van der Waals surface area contributed by atoms with Crippen LogP contribution in [0, 0.1) is 6.92 Å². The van der Waals surface area contributed by atoms with E-state index in [-0.39, 0.29) is 11.3 Å². The number of benzene rings is 1. The average Bonchev–Trinajstić information content (AvgIpc) is 2.52. The van der Waals surface area contributed by atoms with Crippen LogP contribution in [0.25, 0.3) is 10.2 Å². The van der Waals surface area contributed by atoms with Crippen molar-refractivity contribution in [3.05, 3.63) is 32.9 Å². The molecular formula is C10H9NO3S. The zero-order valence-corrected chi connectivity index (χ0v) is 8.85. The van der Waals surface area contributed by atoms with E-state index >= 15 is 0 Å². The Morgan fingerprint density at radius 3 is 2.93 bits per heavy atom. The minimum Gasteiger partial charge on any atom is -0.481 e. The quantitative estimate of drug-likeness (QED) is 0.811. The van der Waals surface area contributed by atoms with Gasteiger partial charge >= 0.3 is 10.8 Å². The predicted octanol–water partition coefficient (Wildman–Crippen LogP) is 1.53. The molecule has 5 heteroatoms. The van der Waals surface area contributed by atoms with Gasteiger partial charge < -0.3 is 10.1 Å². The summed E-state index contributed by atoms with van der Waals surface area (Å²) in [5, 5.41) is 8.72. The minimum atomic E-state index is -0.888. The zero-order valence-electron chi connectivity index (χ0n) is 8.03. The fourth-order valence-electron chi connectivity index (χ4n) is 1.52. The number of aromatic nitrogens is 1. The van der Waals surface area contributed by atoms with Gasteiger partial charge in [0.25, 0.3) is 0 Å². The Kier molecular flexibility index (Phi) is 2.32. The molecule has 0 bridgehead atoms. The van der Waals surface area contributed by atoms with E-state index in [1.807, 2.05) is 13.0 Å². The zero-order chi connectivity index (χ0) is 11.0. The van der Waals surface area contributed by atoms with Crippen molar-refractivity contribution in [1.29, 1.82) is 0 Å². The van der Waals surface area contributed by atoms with Gasteiger partial charge in [-0.1, -0.05) is 23.5 Å². The molecule has 1 aromatic heterocycles. The fraction of sp³-hybridized carbons (Fsp3) is 0.200. The third-order valence-electron chi connectivity index (χ3n) is 2.21. The second kappa shape index (κ2) is 3.51. The first-order chi connectivity index (χ1) is 7.08. The molecule has 1 aromatic carbocycles. The normalized spacial score (nSPS) is 10.7. The third kappa shape index (κ3) is 1.78. The number of fused-ring (bicyclic) bond motifs is 1. The van der Waals surface area contributed by atoms with Crippen molar-refractivity contribution >= 4 is 27.5 Å². The number of hydrogen-bond acceptors (Lipinski definition) is 3. The Balaban J connectivity index is 2.70. The number of carboxylic acids is 1. The lowest BCUT2D eigenvalue weighted by molar-refractivity contribution is -0.136. The van der Waals surface area contributed by atoms with Crippen molar-refractivity contribution in [1.82, 2.24) is 4.98 Å². The van der Waals surface area contributed by atoms with E-state index in [1.165, 1.54) is 0 Å². The van der Waals surface area contributed by atoms with Crippen LogP contribution in [-0.2, 0) is 11.2 Å². The number of H-pyrrole nitrogens is 1. The van der Waals surface area contributed by atoms with Crippen molar-refractivity contribution in [3.63, 3.8) is 0 Å². The van der Waals surface area contributed by atoms with E-state index in [9.17, 15) is 9.59 Å². The molecule has 0 saturated carbocycles. The number of carboxylic acid groups (broad SMARTS) is 1. The Labute approximate surface area is 89.2 Å². The lowest BCUT2D eigenvalue weighted by Crippen LogP contribution is -2.00. The Bertz CT molecular complexity index is 582. The second-order valence-corrected chi connectivity index (χ2v) is 4.31. The summed E-state index contributed by atoms with van der Waals surface area (Å²) in [5.41, 5.74) is 2.40. The highest BCUT2D eigenvalue weighted by molar-refractivity contribution is 7.16. The summed E-state index contributed by atoms with van der Waals surface area (Å²) in [6.45, 7) is 1.88. The number of aryl methyl sites for hydroxylation is 1. The highest BCUT2D eigenvalue weighted by Crippen LogP contribution is 2.23. The van der Waals surface area contributed by atoms with Gasteiger partial charge in [-0.3, -0.25) is 9.59 Å². The number of aromatic amines is 1. The molecule has 0 spiro atoms. The number of rotatable bonds is 2. The monoisotopic (exact) mass is 223 g/mol. The Morgan fingerprint density at radius 1 is 1.53 bits per heavy atom. The number of carbonyl (C=O) groups is 1. The van der Waals surface area contributed by atoms with Gasteiger partial charge in [0, 0.05) is 0 Å². The molecule has 0 amide bonds. The van der Waals surface area contributed by atoms with Crippen molar-refractivity contribution in [2.24, 2.45) is 0 Å². The van der Waals surface area contributed by atoms with E-state index in [0.717, 1.165) is 27.1 Å². The standard InChI is InChI=1S/C10H9NO3S/c1-5-2-3-6(4-7(12)13)9-8(5)11-10(14)15-9/h2-3H,4H2,1H3,(H,11,14)(H,12,13). The van der Waals surface area contributed by atoms with Crippen LogP contribution in [0.3, 0.4) is 0 Å². The first kappa shape index (κ1) is 9.92. The molecule has 2 N–H and O–H groups in total. The number of aliphatic carboxylic acids is 1. The fourth-order valence-corrected chi connectivity index (χ4v) is 2.44. The largest absolute Gasteiger partial charge is 0.481 e. The van der Waals surface area contributed by atoms with Gasteiger partial charge in [0.2, 0.25) is 0 Å². The molecule has 0 radical (unpaired) electrons. The van der Waals surface area contributed by atoms with Gasteiger partial charge in [-0.15, -0.1) is 0 Å². The molecule has 1 heterocycles. The van der Waals surface area contributed by atoms with E-state index in [4.69, 9.17) is 5.11 Å². The first-order valence-electron chi connectivity index (χ1n) is 4.41. The van der Waals surface area contributed by atoms with E-state index in [1.54, 1.807) is 6.07 Å². The van der Waals surface area contributed by atoms with Crippen molar-refractivity contribution in [3.8, 4) is 0 Å². The highest BCUT2D eigenvalue weighted by atomic mass is 32.1. The molecule has 0 unspecified atom stereocenters. The van der Waals surface area contributed by atoms with Crippen LogP contribution in [0.4, 0.5) is 0 Å². The lowest BCUT2D eigenvalue weighted by Gasteiger charge is -2.00. The van der Waals surface area contributed by atoms with Gasteiger partial charge in [-0.25, -0.2) is 0 Å². The van der Waals surface area contributed by atoms with Crippen LogP contribution in [0.5, 0.6) is 0 Å². The van der Waals surface area contributed by atoms with Crippen LogP contribution >= 0.6 is 11.3 Å². The molecule has 0 aliphatic heterocycles. The maximum absolute atomic E-state index is 11.2. The molecule has 0 aliphatic rings. The first-order valence-corrected chi connectivity index (χ1v) is 5.22. The molecule has 0 atom stereocenters. The maximum atomic E-state index is 11.2. The van der Waals surface area contributed by atoms with E-state index < -0.39 is 5.97 Å². The van der Waals surface area contributed by atoms with Gasteiger partial charge in [0.05, 0.1) is 16.6 Å². The minimum absolute atomic E-state index is 0.0510. The topological polar surface area (TPSA) is 70.2 Å². The van der Waals surface area contributed by atoms with Crippen LogP contribution in [0.15, 0.2) is 16.9 Å². The summed E-state index contributed by atoms with van der Waals surface area (Å²) in [6.07, 6.45) is -0.0510. The Morgan fingerprint density at radius 2 is 2.27 bits per heavy atom. The van der Waals surface area contributed by atoms with Crippen LogP contribution in [0.2, 0.25) is 0 Å². The van der Waals surface area contributed by atoms with Gasteiger partial charge in [-0.05, 0) is 18.1 Å². The van der Waals surface area contributed by atoms with Crippen molar-refractivity contribution in [2.75, 3.05) is 0 Å². The Hall–Kier alpha value is -1.62. The van der Waals surface area contributed by atoms with E-state index in [2.05, 4.69) is 4.98 Å². The number of nitrogens with one attached hydrogen (secondary N) is 1. The van der Waals surface area contributed by atoms with Crippen LogP contribution in [0.1, 0.15) is 11.1 Å². The lowest BCUT2D eigenvalue weighted by atomic mass is 10.1. The van der Waals surface area contributed by atoms with Crippen molar-refractivity contribution in [2.45, 2.75) is 13.3 Å². The maximum Gasteiger partial charge on any atom is 0.307 e. The molecule has 78 valence electrons. The molecular weight excluding hydrogens is 214 g/mol. The van der Waals surface area contributed by atoms with E-state index in [0.29, 0.717) is 5.56 Å². The van der Waals surface area contributed by atoms with Crippen molar-refractivity contribution < 1.29 is 9.90 Å².